The lowest BCUT2D eigenvalue weighted by atomic mass is 10.0. The quantitative estimate of drug-likeness (QED) is 0.685. The van der Waals surface area contributed by atoms with Crippen LogP contribution in [0.1, 0.15) is 47.8 Å². The summed E-state index contributed by atoms with van der Waals surface area (Å²) >= 11 is 0. The number of nitrogens with one attached hydrogen (secondary N) is 1. The third-order valence-electron chi connectivity index (χ3n) is 5.20. The van der Waals surface area contributed by atoms with E-state index in [0.717, 1.165) is 36.8 Å². The maximum Gasteiger partial charge on any atom is 0.272 e. The molecule has 1 aliphatic rings. The average Bonchev–Trinajstić information content (AvgIpc) is 3.06. The van der Waals surface area contributed by atoms with Crippen LogP contribution < -0.4 is 0 Å². The number of likely N-dealkylation sites (tertiary alicyclic amines) is 1. The second kappa shape index (κ2) is 7.92. The molecule has 144 valence electrons. The van der Waals surface area contributed by atoms with Crippen LogP contribution in [0, 0.1) is 11.6 Å². The van der Waals surface area contributed by atoms with E-state index in [9.17, 15) is 13.6 Å². The molecule has 6 heteroatoms. The van der Waals surface area contributed by atoms with Gasteiger partial charge >= 0.3 is 0 Å². The highest BCUT2D eigenvalue weighted by molar-refractivity contribution is 5.93. The lowest BCUT2D eigenvalue weighted by Gasteiger charge is -2.30. The number of aromatic nitrogens is 2. The summed E-state index contributed by atoms with van der Waals surface area (Å²) in [6.07, 6.45) is 3.75. The van der Waals surface area contributed by atoms with Gasteiger partial charge in [-0.25, -0.2) is 8.78 Å². The molecule has 3 aromatic rings. The number of carbonyl (C=O) groups excluding carboxylic acids is 1. The number of amides is 1. The van der Waals surface area contributed by atoms with Crippen molar-refractivity contribution in [2.75, 3.05) is 6.54 Å². The minimum Gasteiger partial charge on any atom is -0.330 e. The monoisotopic (exact) mass is 381 g/mol. The number of hydrogen-bond donors (Lipinski definition) is 1. The summed E-state index contributed by atoms with van der Waals surface area (Å²) in [7, 11) is 0. The highest BCUT2D eigenvalue weighted by atomic mass is 19.1. The Bertz CT molecular complexity index is 968. The first kappa shape index (κ1) is 18.3. The number of nitrogens with zero attached hydrogens (tertiary/aromatic N) is 2. The molecule has 0 saturated carbocycles. The van der Waals surface area contributed by atoms with Crippen molar-refractivity contribution in [3.8, 4) is 11.3 Å². The fraction of sp³-hybridized carbons (Fsp3) is 0.273. The topological polar surface area (TPSA) is 49.0 Å². The van der Waals surface area contributed by atoms with Gasteiger partial charge in [0, 0.05) is 12.1 Å². The molecule has 1 fully saturated rings. The third kappa shape index (κ3) is 3.81. The first-order chi connectivity index (χ1) is 13.6. The largest absolute Gasteiger partial charge is 0.330 e. The van der Waals surface area contributed by atoms with E-state index in [1.165, 1.54) is 24.3 Å². The van der Waals surface area contributed by atoms with Crippen molar-refractivity contribution in [3.05, 3.63) is 77.5 Å². The third-order valence-corrected chi connectivity index (χ3v) is 5.20. The number of hydrogen-bond acceptors (Lipinski definition) is 2. The van der Waals surface area contributed by atoms with Crippen LogP contribution in [0.25, 0.3) is 11.3 Å². The lowest BCUT2D eigenvalue weighted by molar-refractivity contribution is 0.0674. The summed E-state index contributed by atoms with van der Waals surface area (Å²) in [4.78, 5) is 15.0. The number of halogens is 2. The molecule has 1 saturated heterocycles. The van der Waals surface area contributed by atoms with E-state index < -0.39 is 0 Å². The van der Waals surface area contributed by atoms with Gasteiger partial charge in [-0.3, -0.25) is 9.89 Å². The number of aromatic amines is 1. The molecule has 1 atom stereocenters. The zero-order chi connectivity index (χ0) is 19.5. The van der Waals surface area contributed by atoms with Crippen molar-refractivity contribution >= 4 is 5.91 Å². The van der Waals surface area contributed by atoms with Crippen LogP contribution >= 0.6 is 0 Å². The maximum atomic E-state index is 13.7. The molecule has 1 N–H and O–H groups in total. The number of benzene rings is 2. The van der Waals surface area contributed by atoms with Gasteiger partial charge < -0.3 is 4.90 Å². The van der Waals surface area contributed by atoms with Gasteiger partial charge in [0.15, 0.2) is 0 Å². The fourth-order valence-electron chi connectivity index (χ4n) is 3.77. The fourth-order valence-corrected chi connectivity index (χ4v) is 3.77. The van der Waals surface area contributed by atoms with Crippen LogP contribution in [0.15, 0.2) is 54.6 Å². The Morgan fingerprint density at radius 2 is 1.82 bits per heavy atom. The van der Waals surface area contributed by atoms with Crippen LogP contribution in [-0.4, -0.2) is 27.5 Å². The van der Waals surface area contributed by atoms with Crippen molar-refractivity contribution in [2.24, 2.45) is 0 Å². The van der Waals surface area contributed by atoms with Gasteiger partial charge in [0.1, 0.15) is 17.3 Å². The van der Waals surface area contributed by atoms with E-state index in [1.54, 1.807) is 24.3 Å². The minimum atomic E-state index is -0.321. The van der Waals surface area contributed by atoms with E-state index in [2.05, 4.69) is 10.2 Å². The molecule has 1 aromatic heterocycles. The predicted molar refractivity (Wildman–Crippen MR) is 103 cm³/mol. The zero-order valence-corrected chi connectivity index (χ0v) is 15.4. The molecular weight excluding hydrogens is 360 g/mol. The minimum absolute atomic E-state index is 0.156. The Balaban J connectivity index is 1.62. The molecule has 0 bridgehead atoms. The van der Waals surface area contributed by atoms with Crippen molar-refractivity contribution in [1.82, 2.24) is 15.1 Å². The second-order valence-electron chi connectivity index (χ2n) is 7.09. The summed E-state index contributed by atoms with van der Waals surface area (Å²) in [5.41, 5.74) is 2.51. The molecule has 1 amide bonds. The second-order valence-corrected chi connectivity index (χ2v) is 7.09. The Labute approximate surface area is 162 Å². The van der Waals surface area contributed by atoms with Crippen molar-refractivity contribution in [2.45, 2.75) is 31.7 Å². The van der Waals surface area contributed by atoms with Crippen LogP contribution in [-0.2, 0) is 0 Å². The number of carbonyl (C=O) groups is 1. The van der Waals surface area contributed by atoms with Gasteiger partial charge in [0.25, 0.3) is 5.91 Å². The molecular formula is C22H21F2N3O. The highest BCUT2D eigenvalue weighted by Crippen LogP contribution is 2.32. The number of rotatable bonds is 3. The Morgan fingerprint density at radius 3 is 2.61 bits per heavy atom. The Kier molecular flexibility index (Phi) is 5.19. The highest BCUT2D eigenvalue weighted by Gasteiger charge is 2.29. The predicted octanol–water partition coefficient (Wildman–Crippen LogP) is 5.11. The lowest BCUT2D eigenvalue weighted by Crippen LogP contribution is -2.35. The summed E-state index contributed by atoms with van der Waals surface area (Å²) in [6, 6.07) is 14.0. The molecule has 0 spiro atoms. The van der Waals surface area contributed by atoms with E-state index in [4.69, 9.17) is 0 Å². The zero-order valence-electron chi connectivity index (χ0n) is 15.4. The summed E-state index contributed by atoms with van der Waals surface area (Å²) < 4.78 is 26.9. The molecule has 4 nitrogen and oxygen atoms in total. The van der Waals surface area contributed by atoms with Gasteiger partial charge in [-0.05, 0) is 60.9 Å². The molecule has 1 aliphatic heterocycles. The van der Waals surface area contributed by atoms with Crippen molar-refractivity contribution in [1.29, 1.82) is 0 Å². The first-order valence-corrected chi connectivity index (χ1v) is 9.49. The molecule has 2 heterocycles. The summed E-state index contributed by atoms with van der Waals surface area (Å²) in [5, 5.41) is 7.02. The van der Waals surface area contributed by atoms with Crippen molar-refractivity contribution in [3.63, 3.8) is 0 Å². The smallest absolute Gasteiger partial charge is 0.272 e. The van der Waals surface area contributed by atoms with Gasteiger partial charge in [0.05, 0.1) is 11.7 Å². The molecule has 2 aromatic carbocycles. The van der Waals surface area contributed by atoms with Gasteiger partial charge in [-0.1, -0.05) is 25.0 Å². The average molecular weight is 381 g/mol. The Hall–Kier alpha value is -3.02. The molecule has 0 unspecified atom stereocenters. The van der Waals surface area contributed by atoms with Crippen LogP contribution in [0.3, 0.4) is 0 Å². The van der Waals surface area contributed by atoms with E-state index >= 15 is 0 Å². The Morgan fingerprint density at radius 1 is 1.00 bits per heavy atom. The van der Waals surface area contributed by atoms with Gasteiger partial charge in [0.2, 0.25) is 0 Å². The standard InChI is InChI=1S/C22H21F2N3O/c23-17-10-8-15(9-11-17)19-14-20(26-25-19)22(28)27-12-3-1-2-7-21(27)16-5-4-6-18(24)13-16/h4-6,8-11,13-14,21H,1-3,7,12H2,(H,25,26)/t21-/m0/s1. The summed E-state index contributed by atoms with van der Waals surface area (Å²) in [5.74, 6) is -0.774. The maximum absolute atomic E-state index is 13.7. The van der Waals surface area contributed by atoms with E-state index in [0.29, 0.717) is 17.9 Å². The van der Waals surface area contributed by atoms with Crippen molar-refractivity contribution < 1.29 is 13.6 Å². The van der Waals surface area contributed by atoms with Gasteiger partial charge in [-0.15, -0.1) is 0 Å². The first-order valence-electron chi connectivity index (χ1n) is 9.49. The SMILES string of the molecule is O=C(c1cc(-c2ccc(F)cc2)n[nH]1)N1CCCCC[C@H]1c1cccc(F)c1. The normalized spacial score (nSPS) is 17.4. The number of H-pyrrole nitrogens is 1. The van der Waals surface area contributed by atoms with E-state index in [-0.39, 0.29) is 23.6 Å². The molecule has 28 heavy (non-hydrogen) atoms. The van der Waals surface area contributed by atoms with Crippen LogP contribution in [0.2, 0.25) is 0 Å². The molecule has 4 rings (SSSR count). The summed E-state index contributed by atoms with van der Waals surface area (Å²) in [6.45, 7) is 0.616. The molecule has 0 radical (unpaired) electrons. The van der Waals surface area contributed by atoms with E-state index in [1.807, 2.05) is 11.0 Å². The molecule has 0 aliphatic carbocycles. The van der Waals surface area contributed by atoms with Gasteiger partial charge in [-0.2, -0.15) is 5.10 Å². The van der Waals surface area contributed by atoms with Crippen LogP contribution in [0.5, 0.6) is 0 Å². The van der Waals surface area contributed by atoms with Crippen LogP contribution in [0.4, 0.5) is 8.78 Å².